The van der Waals surface area contributed by atoms with Gasteiger partial charge in [0.25, 0.3) is 0 Å². The molecule has 3 rings (SSSR count). The van der Waals surface area contributed by atoms with Crippen molar-refractivity contribution in [1.82, 2.24) is 9.88 Å². The van der Waals surface area contributed by atoms with E-state index in [1.54, 1.807) is 0 Å². The minimum atomic E-state index is -4.09. The van der Waals surface area contributed by atoms with Gasteiger partial charge in [0.05, 0.1) is 10.7 Å². The number of nitrogens with zero attached hydrogens (tertiary/aromatic N) is 2. The van der Waals surface area contributed by atoms with Crippen molar-refractivity contribution in [2.24, 2.45) is 5.92 Å². The van der Waals surface area contributed by atoms with Gasteiger partial charge in [-0.2, -0.15) is 13.2 Å². The van der Waals surface area contributed by atoms with Crippen molar-refractivity contribution in [3.05, 3.63) is 15.6 Å². The molecule has 0 N–H and O–H groups in total. The molecule has 25 heavy (non-hydrogen) atoms. The van der Waals surface area contributed by atoms with Crippen LogP contribution in [0, 0.1) is 5.92 Å². The van der Waals surface area contributed by atoms with Crippen LogP contribution in [0.25, 0.3) is 0 Å². The number of fused-ring (bicyclic) bond motifs is 1. The number of thiazole rings is 1. The van der Waals surface area contributed by atoms with Gasteiger partial charge >= 0.3 is 6.18 Å². The molecule has 1 aliphatic carbocycles. The number of alkyl halides is 3. The van der Waals surface area contributed by atoms with Gasteiger partial charge in [-0.1, -0.05) is 38.5 Å². The molecular weight excluding hydrogens is 345 g/mol. The van der Waals surface area contributed by atoms with Gasteiger partial charge < -0.3 is 4.90 Å². The maximum Gasteiger partial charge on any atom is 0.389 e. The molecule has 1 aliphatic heterocycles. The minimum absolute atomic E-state index is 0.0343. The predicted molar refractivity (Wildman–Crippen MR) is 96.1 cm³/mol. The van der Waals surface area contributed by atoms with Gasteiger partial charge in [-0.15, -0.1) is 11.3 Å². The number of halogens is 3. The van der Waals surface area contributed by atoms with E-state index < -0.39 is 12.6 Å². The van der Waals surface area contributed by atoms with Crippen LogP contribution in [0.3, 0.4) is 0 Å². The average Bonchev–Trinajstić information content (AvgIpc) is 2.73. The molecule has 0 bridgehead atoms. The number of aryl methyl sites for hydroxylation is 1. The van der Waals surface area contributed by atoms with E-state index >= 15 is 0 Å². The topological polar surface area (TPSA) is 16.1 Å². The molecule has 1 aromatic heterocycles. The summed E-state index contributed by atoms with van der Waals surface area (Å²) in [5, 5.41) is 0.661. The Bertz CT molecular complexity index is 508. The van der Waals surface area contributed by atoms with Crippen LogP contribution in [-0.2, 0) is 19.3 Å². The maximum atomic E-state index is 12.4. The fourth-order valence-corrected chi connectivity index (χ4v) is 5.16. The van der Waals surface area contributed by atoms with Gasteiger partial charge in [-0.25, -0.2) is 4.98 Å². The normalized spacial score (nSPS) is 20.9. The van der Waals surface area contributed by atoms with E-state index in [0.717, 1.165) is 37.5 Å². The second-order valence-corrected chi connectivity index (χ2v) is 8.75. The molecule has 1 fully saturated rings. The van der Waals surface area contributed by atoms with Crippen LogP contribution in [0.5, 0.6) is 0 Å². The first-order valence-corrected chi connectivity index (χ1v) is 10.6. The molecule has 6 heteroatoms. The van der Waals surface area contributed by atoms with Crippen LogP contribution < -0.4 is 0 Å². The third kappa shape index (κ3) is 6.24. The molecule has 0 saturated heterocycles. The van der Waals surface area contributed by atoms with Crippen molar-refractivity contribution in [3.63, 3.8) is 0 Å². The summed E-state index contributed by atoms with van der Waals surface area (Å²) in [4.78, 5) is 8.26. The Labute approximate surface area is 152 Å². The van der Waals surface area contributed by atoms with Crippen molar-refractivity contribution in [3.8, 4) is 0 Å². The fraction of sp³-hybridized carbons (Fsp3) is 0.842. The molecule has 0 unspecified atom stereocenters. The molecule has 1 saturated carbocycles. The van der Waals surface area contributed by atoms with Crippen LogP contribution in [0.4, 0.5) is 13.2 Å². The van der Waals surface area contributed by atoms with E-state index in [-0.39, 0.29) is 6.42 Å². The van der Waals surface area contributed by atoms with Gasteiger partial charge in [0.15, 0.2) is 0 Å². The lowest BCUT2D eigenvalue weighted by Gasteiger charge is -2.23. The highest BCUT2D eigenvalue weighted by atomic mass is 32.1. The summed E-state index contributed by atoms with van der Waals surface area (Å²) >= 11 is 1.50. The molecule has 0 radical (unpaired) electrons. The van der Waals surface area contributed by atoms with Gasteiger partial charge in [-0.3, -0.25) is 0 Å². The third-order valence-corrected chi connectivity index (χ3v) is 6.81. The molecule has 0 aromatic carbocycles. The van der Waals surface area contributed by atoms with Crippen LogP contribution in [-0.4, -0.2) is 35.7 Å². The van der Waals surface area contributed by atoms with E-state index in [1.807, 2.05) is 0 Å². The van der Waals surface area contributed by atoms with Gasteiger partial charge in [0, 0.05) is 37.2 Å². The Balaban J connectivity index is 1.45. The van der Waals surface area contributed by atoms with E-state index in [9.17, 15) is 13.2 Å². The zero-order valence-corrected chi connectivity index (χ0v) is 15.7. The van der Waals surface area contributed by atoms with Gasteiger partial charge in [0.2, 0.25) is 0 Å². The van der Waals surface area contributed by atoms with Crippen molar-refractivity contribution in [2.75, 3.05) is 19.6 Å². The van der Waals surface area contributed by atoms with Crippen LogP contribution in [0.1, 0.15) is 66.9 Å². The summed E-state index contributed by atoms with van der Waals surface area (Å²) in [6.45, 7) is 3.20. The van der Waals surface area contributed by atoms with Gasteiger partial charge in [0.1, 0.15) is 0 Å². The van der Waals surface area contributed by atoms with Crippen LogP contribution >= 0.6 is 11.3 Å². The fourth-order valence-electron chi connectivity index (χ4n) is 4.06. The quantitative estimate of drug-likeness (QED) is 0.642. The monoisotopic (exact) mass is 374 g/mol. The summed E-state index contributed by atoms with van der Waals surface area (Å²) in [6, 6.07) is 0. The van der Waals surface area contributed by atoms with Crippen LogP contribution in [0.15, 0.2) is 0 Å². The summed E-state index contributed by atoms with van der Waals surface area (Å²) in [5.74, 6) is 0.895. The lowest BCUT2D eigenvalue weighted by molar-refractivity contribution is -0.134. The summed E-state index contributed by atoms with van der Waals surface area (Å²) < 4.78 is 37.1. The third-order valence-electron chi connectivity index (χ3n) is 5.59. The molecule has 1 aromatic rings. The second kappa shape index (κ2) is 8.85. The van der Waals surface area contributed by atoms with Crippen LogP contribution in [0.2, 0.25) is 0 Å². The molecule has 142 valence electrons. The zero-order chi connectivity index (χ0) is 17.7. The number of rotatable bonds is 5. The zero-order valence-electron chi connectivity index (χ0n) is 14.9. The first-order chi connectivity index (χ1) is 12.0. The van der Waals surface area contributed by atoms with Crippen molar-refractivity contribution < 1.29 is 13.2 Å². The molecular formula is C19H29F3N2S. The highest BCUT2D eigenvalue weighted by Crippen LogP contribution is 2.29. The Kier molecular flexibility index (Phi) is 6.78. The Morgan fingerprint density at radius 1 is 1.04 bits per heavy atom. The summed E-state index contributed by atoms with van der Waals surface area (Å²) in [5.41, 5.74) is 1.05. The van der Waals surface area contributed by atoms with E-state index in [2.05, 4.69) is 9.88 Å². The molecule has 2 heterocycles. The number of hydrogen-bond donors (Lipinski definition) is 0. The second-order valence-electron chi connectivity index (χ2n) is 7.58. The average molecular weight is 375 g/mol. The van der Waals surface area contributed by atoms with Crippen molar-refractivity contribution in [1.29, 1.82) is 0 Å². The van der Waals surface area contributed by atoms with E-state index in [0.29, 0.717) is 5.01 Å². The summed E-state index contributed by atoms with van der Waals surface area (Å²) in [6.07, 6.45) is 6.72. The molecule has 0 amide bonds. The Hall–Kier alpha value is -0.620. The molecule has 0 atom stereocenters. The van der Waals surface area contributed by atoms with E-state index in [4.69, 9.17) is 0 Å². The summed E-state index contributed by atoms with van der Waals surface area (Å²) in [7, 11) is 0. The molecule has 0 spiro atoms. The Morgan fingerprint density at radius 3 is 2.48 bits per heavy atom. The minimum Gasteiger partial charge on any atom is -0.303 e. The smallest absolute Gasteiger partial charge is 0.303 e. The molecule has 2 nitrogen and oxygen atoms in total. The van der Waals surface area contributed by atoms with Gasteiger partial charge in [-0.05, 0) is 25.3 Å². The maximum absolute atomic E-state index is 12.4. The SMILES string of the molecule is FC(F)(F)CCc1nc2c(s1)CCN(CCC1CCCCCC1)CC2. The van der Waals surface area contributed by atoms with E-state index in [1.165, 1.54) is 67.7 Å². The highest BCUT2D eigenvalue weighted by molar-refractivity contribution is 7.11. The van der Waals surface area contributed by atoms with Crippen molar-refractivity contribution in [2.45, 2.75) is 76.8 Å². The Morgan fingerprint density at radius 2 is 1.76 bits per heavy atom. The first-order valence-electron chi connectivity index (χ1n) is 9.76. The van der Waals surface area contributed by atoms with Crippen molar-refractivity contribution >= 4 is 11.3 Å². The lowest BCUT2D eigenvalue weighted by atomic mass is 9.96. The number of aromatic nitrogens is 1. The lowest BCUT2D eigenvalue weighted by Crippen LogP contribution is -2.29. The predicted octanol–water partition coefficient (Wildman–Crippen LogP) is 5.40. The highest BCUT2D eigenvalue weighted by Gasteiger charge is 2.28. The standard InChI is InChI=1S/C19H29F3N2S/c20-19(21,22)11-7-18-23-16-9-13-24(14-10-17(16)25-18)12-8-15-5-3-1-2-4-6-15/h15H,1-14H2. The molecule has 2 aliphatic rings. The largest absolute Gasteiger partial charge is 0.389 e. The number of hydrogen-bond acceptors (Lipinski definition) is 3. The first kappa shape index (κ1) is 19.2.